The van der Waals surface area contributed by atoms with Crippen LogP contribution in [0.5, 0.6) is 11.8 Å². The van der Waals surface area contributed by atoms with Crippen molar-refractivity contribution in [1.82, 2.24) is 9.97 Å². The number of aliphatic hydroxyl groups is 2. The Bertz CT molecular complexity index is 362. The molecule has 0 amide bonds. The maximum atomic E-state index is 9.86. The summed E-state index contributed by atoms with van der Waals surface area (Å²) in [7, 11) is 2.86. The number of aliphatic hydroxyl groups excluding tert-OH is 1. The summed E-state index contributed by atoms with van der Waals surface area (Å²) in [5.74, 6) is 0.414. The van der Waals surface area contributed by atoms with Gasteiger partial charge < -0.3 is 19.7 Å². The summed E-state index contributed by atoms with van der Waals surface area (Å²) in [5, 5.41) is 19.5. The van der Waals surface area contributed by atoms with Crippen molar-refractivity contribution in [1.29, 1.82) is 0 Å². The number of hydrogen-bond donors (Lipinski definition) is 2. The normalized spacial score (nSPS) is 13.4. The van der Waals surface area contributed by atoms with Gasteiger partial charge in [-0.25, -0.2) is 4.98 Å². The van der Waals surface area contributed by atoms with Crippen LogP contribution >= 0.6 is 0 Å². The Morgan fingerprint density at radius 1 is 1.31 bits per heavy atom. The molecule has 0 aromatic carbocycles. The van der Waals surface area contributed by atoms with Crippen LogP contribution in [0.3, 0.4) is 0 Å². The van der Waals surface area contributed by atoms with E-state index in [0.717, 1.165) is 0 Å². The lowest BCUT2D eigenvalue weighted by Crippen LogP contribution is -2.29. The van der Waals surface area contributed by atoms with Gasteiger partial charge >= 0.3 is 0 Å². The molecule has 1 atom stereocenters. The minimum absolute atomic E-state index is 0.133. The second-order valence-electron chi connectivity index (χ2n) is 3.86. The Labute approximate surface area is 93.9 Å². The molecule has 0 aliphatic rings. The van der Waals surface area contributed by atoms with Crippen LogP contribution in [0.4, 0.5) is 0 Å². The first-order chi connectivity index (χ1) is 7.40. The van der Waals surface area contributed by atoms with Crippen molar-refractivity contribution >= 4 is 0 Å². The molecule has 0 saturated carbocycles. The molecule has 0 aliphatic carbocycles. The number of ether oxygens (including phenoxy) is 2. The van der Waals surface area contributed by atoms with Gasteiger partial charge in [-0.1, -0.05) is 0 Å². The molecule has 0 radical (unpaired) electrons. The summed E-state index contributed by atoms with van der Waals surface area (Å²) < 4.78 is 9.86. The summed E-state index contributed by atoms with van der Waals surface area (Å²) in [5.41, 5.74) is -1.15. The van der Waals surface area contributed by atoms with Gasteiger partial charge in [-0.2, -0.15) is 4.98 Å². The van der Waals surface area contributed by atoms with Crippen LogP contribution in [0.1, 0.15) is 25.6 Å². The standard InChI is InChI=1S/C10H16N2O4/c1-10(2,14)8(13)7-9(16-4)12-6(15-3)5-11-7/h5,8,13-14H,1-4H3. The van der Waals surface area contributed by atoms with E-state index >= 15 is 0 Å². The smallest absolute Gasteiger partial charge is 0.241 e. The fourth-order valence-electron chi connectivity index (χ4n) is 1.14. The quantitative estimate of drug-likeness (QED) is 0.771. The lowest BCUT2D eigenvalue weighted by molar-refractivity contribution is -0.0530. The molecule has 1 heterocycles. The van der Waals surface area contributed by atoms with E-state index in [0.29, 0.717) is 0 Å². The van der Waals surface area contributed by atoms with E-state index in [4.69, 9.17) is 9.47 Å². The van der Waals surface area contributed by atoms with Crippen LogP contribution in [0.15, 0.2) is 6.20 Å². The van der Waals surface area contributed by atoms with Crippen molar-refractivity contribution in [2.75, 3.05) is 14.2 Å². The van der Waals surface area contributed by atoms with Crippen molar-refractivity contribution < 1.29 is 19.7 Å². The summed E-state index contributed by atoms with van der Waals surface area (Å²) in [6.07, 6.45) is 0.174. The second kappa shape index (κ2) is 4.63. The Hall–Kier alpha value is -1.40. The summed E-state index contributed by atoms with van der Waals surface area (Å²) in [6, 6.07) is 0. The fraction of sp³-hybridized carbons (Fsp3) is 0.600. The van der Waals surface area contributed by atoms with Gasteiger partial charge in [-0.05, 0) is 13.8 Å². The Morgan fingerprint density at radius 3 is 2.38 bits per heavy atom. The Morgan fingerprint density at radius 2 is 1.94 bits per heavy atom. The Balaban J connectivity index is 3.14. The predicted molar refractivity (Wildman–Crippen MR) is 56.4 cm³/mol. The second-order valence-corrected chi connectivity index (χ2v) is 3.86. The van der Waals surface area contributed by atoms with Crippen molar-refractivity contribution in [2.45, 2.75) is 25.6 Å². The summed E-state index contributed by atoms with van der Waals surface area (Å²) in [6.45, 7) is 2.95. The van der Waals surface area contributed by atoms with Crippen LogP contribution in [-0.4, -0.2) is 40.0 Å². The third kappa shape index (κ3) is 2.59. The molecule has 1 aromatic heterocycles. The van der Waals surface area contributed by atoms with Gasteiger partial charge in [0.15, 0.2) is 0 Å². The van der Waals surface area contributed by atoms with Gasteiger partial charge in [0.2, 0.25) is 11.8 Å². The average Bonchev–Trinajstić information content (AvgIpc) is 2.26. The van der Waals surface area contributed by atoms with Crippen LogP contribution < -0.4 is 9.47 Å². The molecule has 2 N–H and O–H groups in total. The number of rotatable bonds is 4. The average molecular weight is 228 g/mol. The van der Waals surface area contributed by atoms with Crippen molar-refractivity contribution in [3.63, 3.8) is 0 Å². The zero-order valence-corrected chi connectivity index (χ0v) is 9.76. The molecule has 1 rings (SSSR count). The number of hydrogen-bond acceptors (Lipinski definition) is 6. The molecule has 90 valence electrons. The molecular weight excluding hydrogens is 212 g/mol. The van der Waals surface area contributed by atoms with E-state index in [1.54, 1.807) is 0 Å². The topological polar surface area (TPSA) is 84.7 Å². The minimum atomic E-state index is -1.32. The van der Waals surface area contributed by atoms with Crippen LogP contribution in [-0.2, 0) is 0 Å². The van der Waals surface area contributed by atoms with Gasteiger partial charge in [0.25, 0.3) is 0 Å². The van der Waals surface area contributed by atoms with Crippen molar-refractivity contribution in [3.05, 3.63) is 11.9 Å². The highest BCUT2D eigenvalue weighted by atomic mass is 16.5. The number of aromatic nitrogens is 2. The molecule has 1 unspecified atom stereocenters. The number of nitrogens with zero attached hydrogens (tertiary/aromatic N) is 2. The molecular formula is C10H16N2O4. The monoisotopic (exact) mass is 228 g/mol. The highest BCUT2D eigenvalue weighted by Crippen LogP contribution is 2.30. The fourth-order valence-corrected chi connectivity index (χ4v) is 1.14. The lowest BCUT2D eigenvalue weighted by atomic mass is 9.99. The predicted octanol–water partition coefficient (Wildman–Crippen LogP) is 0.298. The van der Waals surface area contributed by atoms with Gasteiger partial charge in [-0.15, -0.1) is 0 Å². The van der Waals surface area contributed by atoms with E-state index in [9.17, 15) is 10.2 Å². The first-order valence-electron chi connectivity index (χ1n) is 4.75. The van der Waals surface area contributed by atoms with E-state index < -0.39 is 11.7 Å². The van der Waals surface area contributed by atoms with Crippen molar-refractivity contribution in [3.8, 4) is 11.8 Å². The maximum Gasteiger partial charge on any atom is 0.241 e. The summed E-state index contributed by atoms with van der Waals surface area (Å²) in [4.78, 5) is 7.93. The van der Waals surface area contributed by atoms with Crippen LogP contribution in [0.2, 0.25) is 0 Å². The molecule has 6 nitrogen and oxygen atoms in total. The number of methoxy groups -OCH3 is 2. The van der Waals surface area contributed by atoms with Gasteiger partial charge in [0.05, 0.1) is 26.0 Å². The zero-order chi connectivity index (χ0) is 12.3. The van der Waals surface area contributed by atoms with Gasteiger partial charge in [0.1, 0.15) is 11.8 Å². The third-order valence-electron chi connectivity index (χ3n) is 2.08. The van der Waals surface area contributed by atoms with Gasteiger partial charge in [-0.3, -0.25) is 0 Å². The van der Waals surface area contributed by atoms with E-state index in [1.165, 1.54) is 34.3 Å². The van der Waals surface area contributed by atoms with Gasteiger partial charge in [0, 0.05) is 0 Å². The molecule has 0 saturated heterocycles. The lowest BCUT2D eigenvalue weighted by Gasteiger charge is -2.24. The third-order valence-corrected chi connectivity index (χ3v) is 2.08. The maximum absolute atomic E-state index is 9.86. The molecule has 6 heteroatoms. The molecule has 0 spiro atoms. The molecule has 0 fully saturated rings. The molecule has 0 bridgehead atoms. The summed E-state index contributed by atoms with van der Waals surface area (Å²) >= 11 is 0. The Kier molecular flexibility index (Phi) is 3.66. The van der Waals surface area contributed by atoms with E-state index in [-0.39, 0.29) is 17.5 Å². The first kappa shape index (κ1) is 12.7. The van der Waals surface area contributed by atoms with Crippen molar-refractivity contribution in [2.24, 2.45) is 0 Å². The molecule has 0 aliphatic heterocycles. The molecule has 16 heavy (non-hydrogen) atoms. The first-order valence-corrected chi connectivity index (χ1v) is 4.75. The largest absolute Gasteiger partial charge is 0.480 e. The van der Waals surface area contributed by atoms with Crippen LogP contribution in [0.25, 0.3) is 0 Å². The SMILES string of the molecule is COc1cnc(C(O)C(C)(C)O)c(OC)n1. The molecule has 1 aromatic rings. The highest BCUT2D eigenvalue weighted by molar-refractivity contribution is 5.26. The van der Waals surface area contributed by atoms with Crippen LogP contribution in [0, 0.1) is 0 Å². The van der Waals surface area contributed by atoms with E-state index in [1.807, 2.05) is 0 Å². The zero-order valence-electron chi connectivity index (χ0n) is 9.76. The highest BCUT2D eigenvalue weighted by Gasteiger charge is 2.30. The van der Waals surface area contributed by atoms with E-state index in [2.05, 4.69) is 9.97 Å². The minimum Gasteiger partial charge on any atom is -0.480 e.